The Kier molecular flexibility index (Phi) is 3.52. The molecule has 0 aliphatic carbocycles. The minimum absolute atomic E-state index is 0.0387. The molecule has 8 nitrogen and oxygen atoms in total. The number of nitrogens with zero attached hydrogens (tertiary/aromatic N) is 2. The van der Waals surface area contributed by atoms with Crippen molar-refractivity contribution in [3.63, 3.8) is 0 Å². The number of nitrogen functional groups attached to an aromatic ring is 1. The first-order valence-corrected chi connectivity index (χ1v) is 7.20. The van der Waals surface area contributed by atoms with Gasteiger partial charge in [-0.05, 0) is 25.5 Å². The van der Waals surface area contributed by atoms with E-state index in [-0.39, 0.29) is 16.9 Å². The summed E-state index contributed by atoms with van der Waals surface area (Å²) < 4.78 is 6.97. The number of nitrogens with two attached hydrogens (primary N) is 2. The van der Waals surface area contributed by atoms with Gasteiger partial charge in [-0.1, -0.05) is 6.07 Å². The normalized spacial score (nSPS) is 11.0. The molecule has 1 aromatic carbocycles. The second-order valence-corrected chi connectivity index (χ2v) is 5.46. The van der Waals surface area contributed by atoms with Gasteiger partial charge in [0.05, 0.1) is 19.0 Å². The molecule has 8 heteroatoms. The molecule has 24 heavy (non-hydrogen) atoms. The number of rotatable bonds is 3. The van der Waals surface area contributed by atoms with Gasteiger partial charge in [0.2, 0.25) is 0 Å². The van der Waals surface area contributed by atoms with Crippen molar-refractivity contribution in [2.75, 3.05) is 12.8 Å². The number of methoxy groups -OCH3 is 1. The number of aryl methyl sites for hydroxylation is 1. The number of aromatic nitrogens is 3. The van der Waals surface area contributed by atoms with Gasteiger partial charge < -0.3 is 21.2 Å². The Labute approximate surface area is 137 Å². The summed E-state index contributed by atoms with van der Waals surface area (Å²) >= 11 is 0. The van der Waals surface area contributed by atoms with Crippen molar-refractivity contribution in [2.45, 2.75) is 13.8 Å². The fraction of sp³-hybridized carbons (Fsp3) is 0.188. The Morgan fingerprint density at radius 3 is 2.67 bits per heavy atom. The largest absolute Gasteiger partial charge is 0.496 e. The summed E-state index contributed by atoms with van der Waals surface area (Å²) in [6, 6.07) is 3.72. The number of ether oxygens (including phenoxy) is 1. The molecule has 5 N–H and O–H groups in total. The molecular formula is C16H17N5O3. The molecule has 0 aliphatic rings. The number of hydrogen-bond acceptors (Lipinski definition) is 5. The Morgan fingerprint density at radius 2 is 2.04 bits per heavy atom. The molecule has 0 unspecified atom stereocenters. The Balaban J connectivity index is 2.51. The zero-order valence-electron chi connectivity index (χ0n) is 13.5. The average molecular weight is 327 g/mol. The van der Waals surface area contributed by atoms with Gasteiger partial charge in [0.1, 0.15) is 22.6 Å². The van der Waals surface area contributed by atoms with Crippen molar-refractivity contribution in [3.05, 3.63) is 45.4 Å². The summed E-state index contributed by atoms with van der Waals surface area (Å²) in [5, 5.41) is 0. The second kappa shape index (κ2) is 5.41. The number of carbonyl (C=O) groups is 1. The van der Waals surface area contributed by atoms with Gasteiger partial charge >= 0.3 is 0 Å². The number of hydrogen-bond donors (Lipinski definition) is 3. The van der Waals surface area contributed by atoms with E-state index in [0.717, 1.165) is 23.0 Å². The highest BCUT2D eigenvalue weighted by Crippen LogP contribution is 2.34. The summed E-state index contributed by atoms with van der Waals surface area (Å²) in [6.07, 6.45) is 1.13. The topological polar surface area (TPSA) is 129 Å². The van der Waals surface area contributed by atoms with Crippen LogP contribution < -0.4 is 21.8 Å². The lowest BCUT2D eigenvalue weighted by Gasteiger charge is -2.16. The summed E-state index contributed by atoms with van der Waals surface area (Å²) in [7, 11) is 1.57. The maximum atomic E-state index is 11.8. The van der Waals surface area contributed by atoms with Crippen LogP contribution in [0.15, 0.2) is 23.1 Å². The van der Waals surface area contributed by atoms with Gasteiger partial charge in [-0.25, -0.2) is 4.98 Å². The first-order valence-electron chi connectivity index (χ1n) is 7.20. The van der Waals surface area contributed by atoms with Crippen molar-refractivity contribution >= 4 is 22.9 Å². The molecule has 3 aromatic rings. The van der Waals surface area contributed by atoms with Crippen LogP contribution in [-0.4, -0.2) is 27.6 Å². The number of primary amides is 1. The van der Waals surface area contributed by atoms with E-state index in [2.05, 4.69) is 9.97 Å². The minimum atomic E-state index is -0.738. The Morgan fingerprint density at radius 1 is 1.33 bits per heavy atom. The highest BCUT2D eigenvalue weighted by atomic mass is 16.5. The third-order valence-electron chi connectivity index (χ3n) is 4.01. The van der Waals surface area contributed by atoms with Crippen LogP contribution in [0.3, 0.4) is 0 Å². The highest BCUT2D eigenvalue weighted by molar-refractivity contribution is 6.09. The second-order valence-electron chi connectivity index (χ2n) is 5.46. The van der Waals surface area contributed by atoms with E-state index in [4.69, 9.17) is 16.2 Å². The molecule has 0 radical (unpaired) electrons. The standard InChI is InChI=1S/C16H17N5O3/c1-7-4-5-9(24-3)8(2)13(7)21-14(17)11(15(18)23)12-16(21)19-6-10(22)20-12/h4-6H,17H2,1-3H3,(H2,18,23)(H,20,22). The number of amides is 1. The van der Waals surface area contributed by atoms with Crippen molar-refractivity contribution in [1.82, 2.24) is 14.5 Å². The van der Waals surface area contributed by atoms with Gasteiger partial charge in [0.15, 0.2) is 5.65 Å². The molecule has 3 rings (SSSR count). The summed E-state index contributed by atoms with van der Waals surface area (Å²) in [5.74, 6) is 0.0475. The third kappa shape index (κ3) is 2.11. The minimum Gasteiger partial charge on any atom is -0.496 e. The van der Waals surface area contributed by atoms with Gasteiger partial charge in [-0.15, -0.1) is 0 Å². The van der Waals surface area contributed by atoms with Crippen LogP contribution in [0, 0.1) is 13.8 Å². The van der Waals surface area contributed by atoms with E-state index in [1.54, 1.807) is 11.7 Å². The van der Waals surface area contributed by atoms with E-state index in [1.807, 2.05) is 26.0 Å². The first-order chi connectivity index (χ1) is 11.4. The average Bonchev–Trinajstić information content (AvgIpc) is 2.79. The molecule has 0 bridgehead atoms. The summed E-state index contributed by atoms with van der Waals surface area (Å²) in [6.45, 7) is 3.78. The number of nitrogens with one attached hydrogen (secondary N) is 1. The summed E-state index contributed by atoms with van der Waals surface area (Å²) in [4.78, 5) is 30.2. The fourth-order valence-corrected chi connectivity index (χ4v) is 2.95. The van der Waals surface area contributed by atoms with E-state index < -0.39 is 11.5 Å². The molecule has 0 spiro atoms. The van der Waals surface area contributed by atoms with Gasteiger partial charge in [-0.3, -0.25) is 14.2 Å². The van der Waals surface area contributed by atoms with Crippen LogP contribution in [0.25, 0.3) is 16.9 Å². The predicted molar refractivity (Wildman–Crippen MR) is 90.6 cm³/mol. The number of fused-ring (bicyclic) bond motifs is 1. The first kappa shape index (κ1) is 15.6. The lowest BCUT2D eigenvalue weighted by Crippen LogP contribution is -2.15. The van der Waals surface area contributed by atoms with Crippen LogP contribution >= 0.6 is 0 Å². The predicted octanol–water partition coefficient (Wildman–Crippen LogP) is 1.02. The lowest BCUT2D eigenvalue weighted by molar-refractivity contribution is 0.100. The highest BCUT2D eigenvalue weighted by Gasteiger charge is 2.24. The zero-order valence-corrected chi connectivity index (χ0v) is 13.5. The molecule has 0 saturated heterocycles. The number of H-pyrrole nitrogens is 1. The van der Waals surface area contributed by atoms with Crippen molar-refractivity contribution < 1.29 is 9.53 Å². The van der Waals surface area contributed by atoms with Crippen LogP contribution in [0.1, 0.15) is 21.5 Å². The summed E-state index contributed by atoms with van der Waals surface area (Å²) in [5.41, 5.74) is 14.2. The number of anilines is 1. The van der Waals surface area contributed by atoms with Crippen molar-refractivity contribution in [2.24, 2.45) is 5.73 Å². The van der Waals surface area contributed by atoms with Gasteiger partial charge in [0.25, 0.3) is 11.5 Å². The molecule has 0 atom stereocenters. The molecule has 0 saturated carbocycles. The molecule has 0 fully saturated rings. The number of aromatic amines is 1. The molecule has 124 valence electrons. The van der Waals surface area contributed by atoms with Crippen molar-refractivity contribution in [3.8, 4) is 11.4 Å². The number of carbonyl (C=O) groups excluding carboxylic acids is 1. The van der Waals surface area contributed by atoms with Crippen LogP contribution in [0.2, 0.25) is 0 Å². The van der Waals surface area contributed by atoms with E-state index in [1.165, 1.54) is 0 Å². The van der Waals surface area contributed by atoms with E-state index in [9.17, 15) is 9.59 Å². The third-order valence-corrected chi connectivity index (χ3v) is 4.01. The molecular weight excluding hydrogens is 310 g/mol. The quantitative estimate of drug-likeness (QED) is 0.661. The fourth-order valence-electron chi connectivity index (χ4n) is 2.95. The Hall–Kier alpha value is -3.29. The van der Waals surface area contributed by atoms with Gasteiger partial charge in [-0.2, -0.15) is 0 Å². The Bertz CT molecular complexity index is 1030. The zero-order chi connectivity index (χ0) is 17.6. The smallest absolute Gasteiger partial charge is 0.267 e. The molecule has 2 heterocycles. The van der Waals surface area contributed by atoms with Crippen LogP contribution in [0.4, 0.5) is 5.82 Å². The molecule has 0 aliphatic heterocycles. The van der Waals surface area contributed by atoms with Crippen LogP contribution in [0.5, 0.6) is 5.75 Å². The van der Waals surface area contributed by atoms with Crippen molar-refractivity contribution in [1.29, 1.82) is 0 Å². The maximum absolute atomic E-state index is 11.8. The molecule has 1 amide bonds. The SMILES string of the molecule is COc1ccc(C)c(-n2c(N)c(C(N)=O)c3[nH]c(=O)cnc32)c1C. The lowest BCUT2D eigenvalue weighted by atomic mass is 10.1. The van der Waals surface area contributed by atoms with E-state index in [0.29, 0.717) is 11.4 Å². The maximum Gasteiger partial charge on any atom is 0.267 e. The monoisotopic (exact) mass is 327 g/mol. The number of benzene rings is 1. The van der Waals surface area contributed by atoms with Gasteiger partial charge in [0, 0.05) is 5.56 Å². The van der Waals surface area contributed by atoms with E-state index >= 15 is 0 Å². The molecule has 2 aromatic heterocycles. The van der Waals surface area contributed by atoms with Crippen LogP contribution in [-0.2, 0) is 0 Å².